The molecule has 1 heterocycles. The minimum Gasteiger partial charge on any atom is -0.361 e. The van der Waals surface area contributed by atoms with E-state index in [1.165, 1.54) is 0 Å². The fraction of sp³-hybridized carbons (Fsp3) is 0.286. The number of carbonyl (C=O) groups is 1. The van der Waals surface area contributed by atoms with Crippen LogP contribution < -0.4 is 5.32 Å². The van der Waals surface area contributed by atoms with Gasteiger partial charge in [-0.2, -0.15) is 0 Å². The van der Waals surface area contributed by atoms with Gasteiger partial charge in [0.25, 0.3) is 5.91 Å². The van der Waals surface area contributed by atoms with Crippen LogP contribution in [0.5, 0.6) is 0 Å². The van der Waals surface area contributed by atoms with E-state index >= 15 is 0 Å². The molecule has 0 aliphatic carbocycles. The molecule has 1 amide bonds. The smallest absolute Gasteiger partial charge is 0.251 e. The maximum absolute atomic E-state index is 12.1. The van der Waals surface area contributed by atoms with E-state index in [-0.39, 0.29) is 11.9 Å². The summed E-state index contributed by atoms with van der Waals surface area (Å²) in [6.07, 6.45) is 0. The summed E-state index contributed by atoms with van der Waals surface area (Å²) in [4.78, 5) is 12.9. The van der Waals surface area contributed by atoms with Gasteiger partial charge in [0.1, 0.15) is 5.76 Å². The Kier molecular flexibility index (Phi) is 3.95. The molecule has 100 valence electrons. The summed E-state index contributed by atoms with van der Waals surface area (Å²) in [7, 11) is 0. The fourth-order valence-electron chi connectivity index (χ4n) is 2.11. The van der Waals surface area contributed by atoms with E-state index in [2.05, 4.69) is 23.1 Å². The molecule has 0 aliphatic heterocycles. The van der Waals surface area contributed by atoms with Crippen molar-refractivity contribution < 1.29 is 9.32 Å². The highest BCUT2D eigenvalue weighted by atomic mass is 32.1. The number of aryl methyl sites for hydroxylation is 2. The molecule has 2 rings (SSSR count). The molecule has 0 spiro atoms. The van der Waals surface area contributed by atoms with E-state index in [9.17, 15) is 4.79 Å². The van der Waals surface area contributed by atoms with Gasteiger partial charge in [0.15, 0.2) is 0 Å². The van der Waals surface area contributed by atoms with Crippen molar-refractivity contribution in [1.82, 2.24) is 10.5 Å². The third-order valence-corrected chi connectivity index (χ3v) is 3.26. The second-order valence-corrected chi connectivity index (χ2v) is 5.00. The molecule has 1 unspecified atom stereocenters. The second-order valence-electron chi connectivity index (χ2n) is 4.48. The molecule has 2 aromatic rings. The molecular weight excluding hydrogens is 260 g/mol. The highest BCUT2D eigenvalue weighted by molar-refractivity contribution is 7.80. The van der Waals surface area contributed by atoms with Crippen molar-refractivity contribution in [3.05, 3.63) is 46.8 Å². The van der Waals surface area contributed by atoms with Crippen molar-refractivity contribution in [3.8, 4) is 0 Å². The summed E-state index contributed by atoms with van der Waals surface area (Å²) >= 11 is 4.23. The minimum atomic E-state index is -0.151. The van der Waals surface area contributed by atoms with Crippen molar-refractivity contribution in [2.45, 2.75) is 31.7 Å². The van der Waals surface area contributed by atoms with Crippen molar-refractivity contribution >= 4 is 18.5 Å². The van der Waals surface area contributed by atoms with Gasteiger partial charge in [0, 0.05) is 16.0 Å². The van der Waals surface area contributed by atoms with Crippen LogP contribution in [0.25, 0.3) is 0 Å². The van der Waals surface area contributed by atoms with E-state index in [0.717, 1.165) is 21.9 Å². The van der Waals surface area contributed by atoms with E-state index in [1.54, 1.807) is 18.2 Å². The SMILES string of the molecule is Cc1noc(C)c1C(C)NC(=O)c1cccc(S)c1. The number of thiol groups is 1. The standard InChI is InChI=1S/C14H16N2O2S/c1-8(13-9(2)16-18-10(13)3)15-14(17)11-5-4-6-12(19)7-11/h4-8,19H,1-3H3,(H,15,17). The van der Waals surface area contributed by atoms with Crippen molar-refractivity contribution in [2.75, 3.05) is 0 Å². The van der Waals surface area contributed by atoms with Crippen LogP contribution in [0, 0.1) is 13.8 Å². The van der Waals surface area contributed by atoms with Gasteiger partial charge < -0.3 is 9.84 Å². The molecule has 0 aliphatic rings. The Bertz CT molecular complexity index is 588. The fourth-order valence-corrected chi connectivity index (χ4v) is 2.33. The van der Waals surface area contributed by atoms with Gasteiger partial charge in [-0.3, -0.25) is 4.79 Å². The Labute approximate surface area is 117 Å². The molecule has 0 fully saturated rings. The summed E-state index contributed by atoms with van der Waals surface area (Å²) in [5, 5.41) is 6.83. The topological polar surface area (TPSA) is 55.1 Å². The van der Waals surface area contributed by atoms with Crippen LogP contribution in [0.2, 0.25) is 0 Å². The zero-order valence-corrected chi connectivity index (χ0v) is 12.0. The van der Waals surface area contributed by atoms with Crippen LogP contribution in [0.1, 0.15) is 40.3 Å². The van der Waals surface area contributed by atoms with Crippen LogP contribution in [0.4, 0.5) is 0 Å². The Morgan fingerprint density at radius 3 is 2.74 bits per heavy atom. The molecular formula is C14H16N2O2S. The molecule has 1 atom stereocenters. The van der Waals surface area contributed by atoms with Gasteiger partial charge in [-0.15, -0.1) is 12.6 Å². The number of nitrogens with one attached hydrogen (secondary N) is 1. The summed E-state index contributed by atoms with van der Waals surface area (Å²) < 4.78 is 5.11. The van der Waals surface area contributed by atoms with Gasteiger partial charge in [0.2, 0.25) is 0 Å². The van der Waals surface area contributed by atoms with Crippen LogP contribution in [0.15, 0.2) is 33.7 Å². The highest BCUT2D eigenvalue weighted by Gasteiger charge is 2.18. The van der Waals surface area contributed by atoms with E-state index in [0.29, 0.717) is 5.56 Å². The van der Waals surface area contributed by atoms with Crippen LogP contribution >= 0.6 is 12.6 Å². The zero-order valence-electron chi connectivity index (χ0n) is 11.1. The second kappa shape index (κ2) is 5.48. The molecule has 0 bridgehead atoms. The number of hydrogen-bond acceptors (Lipinski definition) is 4. The van der Waals surface area contributed by atoms with Gasteiger partial charge in [-0.05, 0) is 39.0 Å². The first kappa shape index (κ1) is 13.7. The third kappa shape index (κ3) is 2.98. The Morgan fingerprint density at radius 1 is 1.42 bits per heavy atom. The van der Waals surface area contributed by atoms with Crippen molar-refractivity contribution in [1.29, 1.82) is 0 Å². The number of amides is 1. The zero-order chi connectivity index (χ0) is 14.0. The number of carbonyl (C=O) groups excluding carboxylic acids is 1. The summed E-state index contributed by atoms with van der Waals surface area (Å²) in [6, 6.07) is 6.98. The van der Waals surface area contributed by atoms with Gasteiger partial charge in [-0.25, -0.2) is 0 Å². The van der Waals surface area contributed by atoms with Gasteiger partial charge in [-0.1, -0.05) is 11.2 Å². The lowest BCUT2D eigenvalue weighted by Crippen LogP contribution is -2.27. The molecule has 0 saturated heterocycles. The van der Waals surface area contributed by atoms with E-state index in [1.807, 2.05) is 26.8 Å². The van der Waals surface area contributed by atoms with Crippen molar-refractivity contribution in [2.24, 2.45) is 0 Å². The quantitative estimate of drug-likeness (QED) is 0.847. The van der Waals surface area contributed by atoms with Gasteiger partial charge in [0.05, 0.1) is 11.7 Å². The van der Waals surface area contributed by atoms with Crippen LogP contribution in [-0.4, -0.2) is 11.1 Å². The molecule has 0 radical (unpaired) electrons. The normalized spacial score (nSPS) is 12.2. The number of benzene rings is 1. The first-order chi connectivity index (χ1) is 8.99. The molecule has 0 saturated carbocycles. The lowest BCUT2D eigenvalue weighted by atomic mass is 10.1. The lowest BCUT2D eigenvalue weighted by Gasteiger charge is -2.13. The summed E-state index contributed by atoms with van der Waals surface area (Å²) in [5.74, 6) is 0.594. The number of rotatable bonds is 3. The highest BCUT2D eigenvalue weighted by Crippen LogP contribution is 2.21. The maximum Gasteiger partial charge on any atom is 0.251 e. The first-order valence-corrected chi connectivity index (χ1v) is 6.46. The molecule has 1 aromatic carbocycles. The predicted molar refractivity (Wildman–Crippen MR) is 75.6 cm³/mol. The molecule has 4 nitrogen and oxygen atoms in total. The molecule has 1 aromatic heterocycles. The minimum absolute atomic E-state index is 0.136. The van der Waals surface area contributed by atoms with Crippen LogP contribution in [0.3, 0.4) is 0 Å². The average molecular weight is 276 g/mol. The predicted octanol–water partition coefficient (Wildman–Crippen LogP) is 3.07. The Balaban J connectivity index is 2.15. The summed E-state index contributed by atoms with van der Waals surface area (Å²) in [6.45, 7) is 5.62. The summed E-state index contributed by atoms with van der Waals surface area (Å²) in [5.41, 5.74) is 2.31. The van der Waals surface area contributed by atoms with E-state index < -0.39 is 0 Å². The maximum atomic E-state index is 12.1. The lowest BCUT2D eigenvalue weighted by molar-refractivity contribution is 0.0939. The van der Waals surface area contributed by atoms with Crippen molar-refractivity contribution in [3.63, 3.8) is 0 Å². The number of aromatic nitrogens is 1. The van der Waals surface area contributed by atoms with E-state index in [4.69, 9.17) is 4.52 Å². The first-order valence-electron chi connectivity index (χ1n) is 6.01. The average Bonchev–Trinajstić information content (AvgIpc) is 2.69. The number of nitrogens with zero attached hydrogens (tertiary/aromatic N) is 1. The number of hydrogen-bond donors (Lipinski definition) is 2. The molecule has 1 N–H and O–H groups in total. The Morgan fingerprint density at radius 2 is 2.16 bits per heavy atom. The molecule has 19 heavy (non-hydrogen) atoms. The largest absolute Gasteiger partial charge is 0.361 e. The van der Waals surface area contributed by atoms with Crippen LogP contribution in [-0.2, 0) is 0 Å². The monoisotopic (exact) mass is 276 g/mol. The third-order valence-electron chi connectivity index (χ3n) is 2.98. The Hall–Kier alpha value is -1.75. The van der Waals surface area contributed by atoms with Gasteiger partial charge >= 0.3 is 0 Å². The molecule has 5 heteroatoms.